The highest BCUT2D eigenvalue weighted by atomic mass is 32.1. The summed E-state index contributed by atoms with van der Waals surface area (Å²) in [7, 11) is 1.75. The fourth-order valence-corrected chi connectivity index (χ4v) is 3.71. The van der Waals surface area contributed by atoms with Crippen LogP contribution in [-0.2, 0) is 11.3 Å². The molecule has 7 nitrogen and oxygen atoms in total. The van der Waals surface area contributed by atoms with Crippen LogP contribution in [0.5, 0.6) is 0 Å². The molecule has 0 radical (unpaired) electrons. The van der Waals surface area contributed by atoms with Crippen LogP contribution in [0.25, 0.3) is 0 Å². The molecule has 0 N–H and O–H groups in total. The fourth-order valence-electron chi connectivity index (χ4n) is 3.07. The zero-order valence-corrected chi connectivity index (χ0v) is 14.6. The predicted molar refractivity (Wildman–Crippen MR) is 88.2 cm³/mol. The Labute approximate surface area is 144 Å². The van der Waals surface area contributed by atoms with E-state index in [1.54, 1.807) is 36.4 Å². The van der Waals surface area contributed by atoms with Gasteiger partial charge in [-0.05, 0) is 13.3 Å². The summed E-state index contributed by atoms with van der Waals surface area (Å²) < 4.78 is 15.4. The highest BCUT2D eigenvalue weighted by Gasteiger charge is 2.34. The van der Waals surface area contributed by atoms with E-state index in [-0.39, 0.29) is 11.9 Å². The monoisotopic (exact) mass is 352 g/mol. The summed E-state index contributed by atoms with van der Waals surface area (Å²) in [6.07, 6.45) is 4.28. The first-order valence-corrected chi connectivity index (χ1v) is 8.78. The van der Waals surface area contributed by atoms with Crippen LogP contribution in [0.2, 0.25) is 0 Å². The number of thiazole rings is 1. The van der Waals surface area contributed by atoms with Crippen molar-refractivity contribution in [1.29, 1.82) is 0 Å². The van der Waals surface area contributed by atoms with Crippen LogP contribution >= 0.6 is 11.3 Å². The highest BCUT2D eigenvalue weighted by Crippen LogP contribution is 2.24. The molecule has 1 aliphatic heterocycles. The van der Waals surface area contributed by atoms with Gasteiger partial charge in [0.15, 0.2) is 0 Å². The maximum absolute atomic E-state index is 13.9. The number of carbonyl (C=O) groups is 1. The molecule has 0 unspecified atom stereocenters. The van der Waals surface area contributed by atoms with E-state index in [0.717, 1.165) is 5.01 Å². The third kappa shape index (κ3) is 3.78. The normalized spacial score (nSPS) is 22.6. The maximum atomic E-state index is 13.9. The van der Waals surface area contributed by atoms with Gasteiger partial charge in [-0.1, -0.05) is 0 Å². The fraction of sp³-hybridized carbons (Fsp3) is 0.600. The summed E-state index contributed by atoms with van der Waals surface area (Å²) in [5.74, 6) is -0.0583. The largest absolute Gasteiger partial charge is 0.342 e. The van der Waals surface area contributed by atoms with E-state index < -0.39 is 12.2 Å². The lowest BCUT2D eigenvalue weighted by atomic mass is 10.2. The summed E-state index contributed by atoms with van der Waals surface area (Å²) in [5, 5.41) is 6.90. The third-order valence-corrected chi connectivity index (χ3v) is 5.11. The number of halogens is 1. The minimum absolute atomic E-state index is 0.000737. The van der Waals surface area contributed by atoms with E-state index in [4.69, 9.17) is 0 Å². The molecular weight excluding hydrogens is 331 g/mol. The number of likely N-dealkylation sites (N-methyl/N-ethyl adjacent to an activating group) is 1. The molecule has 1 fully saturated rings. The van der Waals surface area contributed by atoms with Crippen LogP contribution in [0, 0.1) is 0 Å². The SMILES string of the molecule is C[C@H](C(=O)N(C)C[C@@H]1C[C@H](F)CN1Cc1nccs1)n1cncn1. The molecule has 0 saturated carbocycles. The number of likely N-dealkylation sites (tertiary alicyclic amines) is 1. The van der Waals surface area contributed by atoms with Gasteiger partial charge in [-0.3, -0.25) is 9.69 Å². The standard InChI is InChI=1S/C15H21FN6OS/c1-11(22-10-17-9-19-22)15(23)20(2)7-13-5-12(16)6-21(13)8-14-18-3-4-24-14/h3-4,9-13H,5-8H2,1-2H3/t11-,12+,13+/m1/s1. The van der Waals surface area contributed by atoms with Gasteiger partial charge in [0.1, 0.15) is 29.9 Å². The molecule has 0 aliphatic carbocycles. The maximum Gasteiger partial charge on any atom is 0.247 e. The number of hydrogen-bond acceptors (Lipinski definition) is 6. The second-order valence-corrected chi connectivity index (χ2v) is 7.09. The minimum Gasteiger partial charge on any atom is -0.342 e. The van der Waals surface area contributed by atoms with E-state index >= 15 is 0 Å². The molecule has 2 aromatic rings. The average Bonchev–Trinajstić information content (AvgIpc) is 3.29. The molecule has 0 aromatic carbocycles. The molecule has 3 atom stereocenters. The lowest BCUT2D eigenvalue weighted by Gasteiger charge is -2.29. The van der Waals surface area contributed by atoms with E-state index in [1.165, 1.54) is 17.3 Å². The molecule has 1 saturated heterocycles. The molecular formula is C15H21FN6OS. The molecule has 1 amide bonds. The van der Waals surface area contributed by atoms with Gasteiger partial charge in [-0.2, -0.15) is 5.10 Å². The smallest absolute Gasteiger partial charge is 0.247 e. The average molecular weight is 352 g/mol. The Bertz CT molecular complexity index is 649. The van der Waals surface area contributed by atoms with Crippen molar-refractivity contribution in [2.24, 2.45) is 0 Å². The quantitative estimate of drug-likeness (QED) is 0.785. The zero-order chi connectivity index (χ0) is 17.1. The van der Waals surface area contributed by atoms with E-state index in [2.05, 4.69) is 20.0 Å². The van der Waals surface area contributed by atoms with Gasteiger partial charge in [-0.15, -0.1) is 11.3 Å². The predicted octanol–water partition coefficient (Wildman–Crippen LogP) is 1.37. The Kier molecular flexibility index (Phi) is 5.20. The lowest BCUT2D eigenvalue weighted by molar-refractivity contribution is -0.133. The van der Waals surface area contributed by atoms with Crippen molar-refractivity contribution in [2.45, 2.75) is 38.1 Å². The van der Waals surface area contributed by atoms with Crippen molar-refractivity contribution >= 4 is 17.2 Å². The number of nitrogens with zero attached hydrogens (tertiary/aromatic N) is 6. The highest BCUT2D eigenvalue weighted by molar-refractivity contribution is 7.09. The second-order valence-electron chi connectivity index (χ2n) is 6.11. The summed E-state index contributed by atoms with van der Waals surface area (Å²) in [5.41, 5.74) is 0. The zero-order valence-electron chi connectivity index (χ0n) is 13.7. The molecule has 9 heteroatoms. The summed E-state index contributed by atoms with van der Waals surface area (Å²) in [4.78, 5) is 24.4. The molecule has 24 heavy (non-hydrogen) atoms. The van der Waals surface area contributed by atoms with Crippen LogP contribution in [0.1, 0.15) is 24.4 Å². The van der Waals surface area contributed by atoms with Crippen molar-refractivity contribution in [3.05, 3.63) is 29.2 Å². The lowest BCUT2D eigenvalue weighted by Crippen LogP contribution is -2.43. The number of amides is 1. The number of aromatic nitrogens is 4. The summed E-state index contributed by atoms with van der Waals surface area (Å²) in [6, 6.07) is -0.423. The molecule has 3 heterocycles. The summed E-state index contributed by atoms with van der Waals surface area (Å²) in [6.45, 7) is 3.30. The van der Waals surface area contributed by atoms with Crippen molar-refractivity contribution < 1.29 is 9.18 Å². The van der Waals surface area contributed by atoms with Gasteiger partial charge in [0, 0.05) is 37.8 Å². The minimum atomic E-state index is -0.855. The Morgan fingerprint density at radius 2 is 2.42 bits per heavy atom. The first-order valence-electron chi connectivity index (χ1n) is 7.90. The Hall–Kier alpha value is -1.87. The number of alkyl halides is 1. The van der Waals surface area contributed by atoms with Crippen molar-refractivity contribution in [1.82, 2.24) is 29.5 Å². The van der Waals surface area contributed by atoms with Crippen LogP contribution in [0.15, 0.2) is 24.2 Å². The van der Waals surface area contributed by atoms with Gasteiger partial charge in [-0.25, -0.2) is 19.0 Å². The Balaban J connectivity index is 1.61. The van der Waals surface area contributed by atoms with E-state index in [1.807, 2.05) is 5.38 Å². The van der Waals surface area contributed by atoms with Crippen molar-refractivity contribution in [3.8, 4) is 0 Å². The summed E-state index contributed by atoms with van der Waals surface area (Å²) >= 11 is 1.57. The number of carbonyl (C=O) groups excluding carboxylic acids is 1. The number of rotatable bonds is 6. The van der Waals surface area contributed by atoms with Crippen LogP contribution in [0.4, 0.5) is 4.39 Å². The van der Waals surface area contributed by atoms with Gasteiger partial charge < -0.3 is 4.90 Å². The van der Waals surface area contributed by atoms with Crippen LogP contribution in [-0.4, -0.2) is 67.8 Å². The molecule has 2 aromatic heterocycles. The molecule has 1 aliphatic rings. The topological polar surface area (TPSA) is 67.2 Å². The first kappa shape index (κ1) is 17.0. The van der Waals surface area contributed by atoms with Gasteiger partial charge in [0.25, 0.3) is 0 Å². The Morgan fingerprint density at radius 1 is 1.58 bits per heavy atom. The van der Waals surface area contributed by atoms with Gasteiger partial charge in [0.2, 0.25) is 5.91 Å². The van der Waals surface area contributed by atoms with Crippen molar-refractivity contribution in [3.63, 3.8) is 0 Å². The van der Waals surface area contributed by atoms with Gasteiger partial charge >= 0.3 is 0 Å². The van der Waals surface area contributed by atoms with Crippen molar-refractivity contribution in [2.75, 3.05) is 20.1 Å². The first-order chi connectivity index (χ1) is 11.5. The second kappa shape index (κ2) is 7.35. The van der Waals surface area contributed by atoms with E-state index in [9.17, 15) is 9.18 Å². The van der Waals surface area contributed by atoms with Crippen LogP contribution in [0.3, 0.4) is 0 Å². The third-order valence-electron chi connectivity index (χ3n) is 4.35. The molecule has 130 valence electrons. The van der Waals surface area contributed by atoms with Crippen LogP contribution < -0.4 is 0 Å². The Morgan fingerprint density at radius 3 is 3.08 bits per heavy atom. The molecule has 0 bridgehead atoms. The van der Waals surface area contributed by atoms with Gasteiger partial charge in [0.05, 0.1) is 6.54 Å². The molecule has 0 spiro atoms. The van der Waals surface area contributed by atoms with E-state index in [0.29, 0.717) is 26.1 Å². The number of hydrogen-bond donors (Lipinski definition) is 0. The molecule has 3 rings (SSSR count).